The summed E-state index contributed by atoms with van der Waals surface area (Å²) in [6.45, 7) is 3.31. The van der Waals surface area contributed by atoms with Gasteiger partial charge in [-0.25, -0.2) is 4.79 Å². The highest BCUT2D eigenvalue weighted by Crippen LogP contribution is 2.37. The van der Waals surface area contributed by atoms with Crippen molar-refractivity contribution in [2.45, 2.75) is 26.7 Å². The van der Waals surface area contributed by atoms with E-state index < -0.39 is 18.5 Å². The van der Waals surface area contributed by atoms with Crippen LogP contribution in [0.25, 0.3) is 0 Å². The molecular weight excluding hydrogens is 488 g/mol. The molecule has 1 aliphatic heterocycles. The van der Waals surface area contributed by atoms with Crippen LogP contribution in [0.3, 0.4) is 0 Å². The fraction of sp³-hybridized carbons (Fsp3) is 0.280. The average molecular weight is 511 g/mol. The number of carbonyl (C=O) groups excluding carboxylic acids is 4. The van der Waals surface area contributed by atoms with Crippen molar-refractivity contribution >= 4 is 51.0 Å². The minimum absolute atomic E-state index is 0.157. The number of benzene rings is 2. The summed E-state index contributed by atoms with van der Waals surface area (Å²) in [5, 5.41) is 2.74. The van der Waals surface area contributed by atoms with Gasteiger partial charge in [0.1, 0.15) is 0 Å². The summed E-state index contributed by atoms with van der Waals surface area (Å²) in [5.74, 6) is -2.39. The molecule has 0 spiro atoms. The van der Waals surface area contributed by atoms with Gasteiger partial charge >= 0.3 is 5.97 Å². The third-order valence-corrected chi connectivity index (χ3v) is 6.82. The van der Waals surface area contributed by atoms with E-state index >= 15 is 0 Å². The first-order valence-corrected chi connectivity index (χ1v) is 11.4. The third kappa shape index (κ3) is 4.61. The molecular formula is C25H23BrN2O5. The largest absolute Gasteiger partial charge is 0.452 e. The lowest BCUT2D eigenvalue weighted by Gasteiger charge is -2.15. The van der Waals surface area contributed by atoms with Crippen LogP contribution in [0.1, 0.15) is 34.3 Å². The van der Waals surface area contributed by atoms with Crippen LogP contribution in [0.5, 0.6) is 0 Å². The highest BCUT2D eigenvalue weighted by atomic mass is 79.9. The maximum Gasteiger partial charge on any atom is 0.338 e. The first-order valence-electron chi connectivity index (χ1n) is 10.6. The van der Waals surface area contributed by atoms with E-state index in [9.17, 15) is 19.2 Å². The first kappa shape index (κ1) is 22.9. The van der Waals surface area contributed by atoms with Crippen LogP contribution in [-0.2, 0) is 19.1 Å². The third-order valence-electron chi connectivity index (χ3n) is 5.96. The molecule has 3 amide bonds. The Morgan fingerprint density at radius 3 is 2.36 bits per heavy atom. The van der Waals surface area contributed by atoms with E-state index in [2.05, 4.69) is 21.2 Å². The Hall–Kier alpha value is -3.26. The lowest BCUT2D eigenvalue weighted by atomic mass is 9.85. The van der Waals surface area contributed by atoms with Crippen molar-refractivity contribution in [1.82, 2.24) is 0 Å². The van der Waals surface area contributed by atoms with Gasteiger partial charge in [0, 0.05) is 10.2 Å². The van der Waals surface area contributed by atoms with E-state index in [-0.39, 0.29) is 29.2 Å². The van der Waals surface area contributed by atoms with E-state index in [1.807, 2.05) is 38.1 Å². The van der Waals surface area contributed by atoms with Crippen molar-refractivity contribution in [3.63, 3.8) is 0 Å². The van der Waals surface area contributed by atoms with E-state index in [4.69, 9.17) is 4.74 Å². The molecule has 0 saturated carbocycles. The number of amides is 3. The number of fused-ring (bicyclic) bond motifs is 1. The van der Waals surface area contributed by atoms with Gasteiger partial charge in [-0.1, -0.05) is 34.1 Å². The van der Waals surface area contributed by atoms with Crippen LogP contribution < -0.4 is 10.2 Å². The van der Waals surface area contributed by atoms with Crippen LogP contribution in [0.2, 0.25) is 0 Å². The second kappa shape index (κ2) is 9.31. The number of nitrogens with zero attached hydrogens (tertiary/aromatic N) is 1. The normalized spacial score (nSPS) is 19.4. The van der Waals surface area contributed by atoms with E-state index in [1.165, 1.54) is 12.1 Å². The van der Waals surface area contributed by atoms with Gasteiger partial charge in [-0.2, -0.15) is 0 Å². The molecule has 4 rings (SSSR count). The van der Waals surface area contributed by atoms with Crippen LogP contribution in [0, 0.1) is 25.7 Å². The molecule has 1 N–H and O–H groups in total. The predicted molar refractivity (Wildman–Crippen MR) is 127 cm³/mol. The number of nitrogens with one attached hydrogen (secondary N) is 1. The Morgan fingerprint density at radius 1 is 1.03 bits per heavy atom. The molecule has 1 heterocycles. The molecule has 0 unspecified atom stereocenters. The smallest absolute Gasteiger partial charge is 0.338 e. The molecule has 2 atom stereocenters. The molecule has 33 heavy (non-hydrogen) atoms. The number of hydrogen-bond acceptors (Lipinski definition) is 5. The molecule has 2 aromatic rings. The number of hydrogen-bond donors (Lipinski definition) is 1. The van der Waals surface area contributed by atoms with Gasteiger partial charge in [0.25, 0.3) is 5.91 Å². The minimum Gasteiger partial charge on any atom is -0.452 e. The fourth-order valence-corrected chi connectivity index (χ4v) is 4.60. The molecule has 0 aromatic heterocycles. The topological polar surface area (TPSA) is 92.8 Å². The van der Waals surface area contributed by atoms with E-state index in [1.54, 1.807) is 12.1 Å². The van der Waals surface area contributed by atoms with Crippen molar-refractivity contribution in [1.29, 1.82) is 0 Å². The highest BCUT2D eigenvalue weighted by Gasteiger charge is 2.47. The predicted octanol–water partition coefficient (Wildman–Crippen LogP) is 4.32. The van der Waals surface area contributed by atoms with Gasteiger partial charge in [-0.15, -0.1) is 0 Å². The molecule has 7 nitrogen and oxygen atoms in total. The zero-order chi connectivity index (χ0) is 23.7. The average Bonchev–Trinajstić information content (AvgIpc) is 3.06. The van der Waals surface area contributed by atoms with Crippen LogP contribution in [-0.4, -0.2) is 30.3 Å². The molecule has 1 fully saturated rings. The minimum atomic E-state index is -0.714. The molecule has 1 saturated heterocycles. The Bertz CT molecular complexity index is 1160. The molecule has 2 aliphatic rings. The maximum absolute atomic E-state index is 12.8. The summed E-state index contributed by atoms with van der Waals surface area (Å²) in [6.07, 6.45) is 4.93. The summed E-state index contributed by atoms with van der Waals surface area (Å²) >= 11 is 3.45. The van der Waals surface area contributed by atoms with Gasteiger partial charge in [0.15, 0.2) is 6.61 Å². The Morgan fingerprint density at radius 2 is 1.70 bits per heavy atom. The summed E-state index contributed by atoms with van der Waals surface area (Å²) in [7, 11) is 0. The monoisotopic (exact) mass is 510 g/mol. The zero-order valence-corrected chi connectivity index (χ0v) is 19.8. The maximum atomic E-state index is 12.8. The Kier molecular flexibility index (Phi) is 6.47. The number of aryl methyl sites for hydroxylation is 2. The van der Waals surface area contributed by atoms with E-state index in [0.717, 1.165) is 20.5 Å². The van der Waals surface area contributed by atoms with Crippen molar-refractivity contribution in [2.75, 3.05) is 16.8 Å². The van der Waals surface area contributed by atoms with Crippen molar-refractivity contribution in [3.05, 3.63) is 69.7 Å². The molecule has 170 valence electrons. The molecule has 8 heteroatoms. The number of ether oxygens (including phenoxy) is 1. The van der Waals surface area contributed by atoms with Gasteiger partial charge in [0.05, 0.1) is 23.1 Å². The lowest BCUT2D eigenvalue weighted by Crippen LogP contribution is -2.31. The molecule has 1 aliphatic carbocycles. The van der Waals surface area contributed by atoms with Crippen LogP contribution in [0.15, 0.2) is 53.0 Å². The Balaban J connectivity index is 1.41. The van der Waals surface area contributed by atoms with E-state index in [0.29, 0.717) is 24.2 Å². The number of carbonyl (C=O) groups is 4. The summed E-state index contributed by atoms with van der Waals surface area (Å²) in [6, 6.07) is 9.90. The summed E-state index contributed by atoms with van der Waals surface area (Å²) < 4.78 is 6.10. The SMILES string of the molecule is Cc1cc(NC(=O)COC(=O)c2cccc(N3C(=O)[C@H]4CC=CC[C@H]4C3=O)c2)c(C)cc1Br. The number of anilines is 2. The quantitative estimate of drug-likeness (QED) is 0.367. The molecule has 2 aromatic carbocycles. The Labute approximate surface area is 199 Å². The summed E-state index contributed by atoms with van der Waals surface area (Å²) in [5.41, 5.74) is 2.96. The van der Waals surface area contributed by atoms with Gasteiger partial charge in [0.2, 0.25) is 11.8 Å². The van der Waals surface area contributed by atoms with Crippen molar-refractivity contribution < 1.29 is 23.9 Å². The summed E-state index contributed by atoms with van der Waals surface area (Å²) in [4.78, 5) is 51.6. The zero-order valence-electron chi connectivity index (χ0n) is 18.3. The molecule has 0 bridgehead atoms. The van der Waals surface area contributed by atoms with Crippen LogP contribution >= 0.6 is 15.9 Å². The standard InChI is InChI=1S/C25H23BrN2O5/c1-14-11-21(15(2)10-20(14)26)27-22(29)13-33-25(32)16-6-5-7-17(12-16)28-23(30)18-8-3-4-9-19(18)24(28)31/h3-7,10-12,18-19H,8-9,13H2,1-2H3,(H,27,29)/t18-,19+. The van der Waals surface area contributed by atoms with Crippen molar-refractivity contribution in [2.24, 2.45) is 11.8 Å². The van der Waals surface area contributed by atoms with Gasteiger partial charge in [-0.3, -0.25) is 19.3 Å². The second-order valence-electron chi connectivity index (χ2n) is 8.26. The number of rotatable bonds is 5. The first-order chi connectivity index (χ1) is 15.8. The molecule has 0 radical (unpaired) electrons. The number of esters is 1. The number of imide groups is 1. The number of halogens is 1. The van der Waals surface area contributed by atoms with Crippen LogP contribution in [0.4, 0.5) is 11.4 Å². The number of allylic oxidation sites excluding steroid dienone is 2. The lowest BCUT2D eigenvalue weighted by molar-refractivity contribution is -0.122. The van der Waals surface area contributed by atoms with Crippen molar-refractivity contribution in [3.8, 4) is 0 Å². The second-order valence-corrected chi connectivity index (χ2v) is 9.11. The van der Waals surface area contributed by atoms with Gasteiger partial charge < -0.3 is 10.1 Å². The van der Waals surface area contributed by atoms with Gasteiger partial charge in [-0.05, 0) is 68.1 Å². The fourth-order valence-electron chi connectivity index (χ4n) is 4.14. The highest BCUT2D eigenvalue weighted by molar-refractivity contribution is 9.10.